The number of Topliss-reactive ketones (excluding diaryl/α,β-unsaturated/α-hetero) is 1. The van der Waals surface area contributed by atoms with Crippen LogP contribution in [0.25, 0.3) is 28.3 Å². The first kappa shape index (κ1) is 20.9. The zero-order chi connectivity index (χ0) is 23.1. The van der Waals surface area contributed by atoms with E-state index >= 15 is 0 Å². The summed E-state index contributed by atoms with van der Waals surface area (Å²) in [6.45, 7) is 1.73. The number of aromatic nitrogens is 7. The third-order valence-corrected chi connectivity index (χ3v) is 5.49. The molecule has 0 aliphatic rings. The van der Waals surface area contributed by atoms with Crippen LogP contribution in [0.3, 0.4) is 0 Å². The minimum Gasteiger partial charge on any atom is -0.292 e. The molecule has 5 rings (SSSR count). The summed E-state index contributed by atoms with van der Waals surface area (Å²) >= 11 is 6.27. The molecule has 0 radical (unpaired) electrons. The average Bonchev–Trinajstić information content (AvgIpc) is 3.39. The van der Waals surface area contributed by atoms with E-state index in [0.29, 0.717) is 33.6 Å². The number of fused-ring (bicyclic) bond motifs is 1. The van der Waals surface area contributed by atoms with Crippen LogP contribution >= 0.6 is 11.6 Å². The second-order valence-electron chi connectivity index (χ2n) is 7.49. The van der Waals surface area contributed by atoms with Crippen LogP contribution in [0.1, 0.15) is 21.9 Å². The maximum absolute atomic E-state index is 14.9. The Balaban J connectivity index is 1.51. The van der Waals surface area contributed by atoms with E-state index in [1.54, 1.807) is 14.0 Å². The van der Waals surface area contributed by atoms with E-state index < -0.39 is 5.82 Å². The summed E-state index contributed by atoms with van der Waals surface area (Å²) in [4.78, 5) is 26.1. The molecule has 0 unspecified atom stereocenters. The van der Waals surface area contributed by atoms with Gasteiger partial charge in [0.25, 0.3) is 0 Å². The zero-order valence-corrected chi connectivity index (χ0v) is 18.5. The molecule has 8 nitrogen and oxygen atoms in total. The summed E-state index contributed by atoms with van der Waals surface area (Å²) < 4.78 is 17.7. The Morgan fingerprint density at radius 2 is 1.94 bits per heavy atom. The highest BCUT2D eigenvalue weighted by molar-refractivity contribution is 6.33. The van der Waals surface area contributed by atoms with Crippen molar-refractivity contribution in [2.45, 2.75) is 13.3 Å². The lowest BCUT2D eigenvalue weighted by Gasteiger charge is -2.08. The summed E-state index contributed by atoms with van der Waals surface area (Å²) in [5, 5.41) is 8.83. The van der Waals surface area contributed by atoms with Crippen molar-refractivity contribution in [2.75, 3.05) is 0 Å². The molecule has 164 valence electrons. The number of carbonyl (C=O) groups is 1. The van der Waals surface area contributed by atoms with Gasteiger partial charge in [-0.2, -0.15) is 5.10 Å². The molecule has 10 heteroatoms. The van der Waals surface area contributed by atoms with E-state index in [4.69, 9.17) is 11.6 Å². The largest absolute Gasteiger partial charge is 0.292 e. The Morgan fingerprint density at radius 1 is 1.15 bits per heavy atom. The summed E-state index contributed by atoms with van der Waals surface area (Å²) in [6.07, 6.45) is 4.03. The fraction of sp³-hybridized carbons (Fsp3) is 0.130. The molecule has 0 aliphatic heterocycles. The van der Waals surface area contributed by atoms with Gasteiger partial charge in [-0.15, -0.1) is 5.10 Å². The van der Waals surface area contributed by atoms with Crippen LogP contribution in [0.15, 0.2) is 55.0 Å². The number of aryl methyl sites for hydroxylation is 2. The highest BCUT2D eigenvalue weighted by Crippen LogP contribution is 2.29. The molecule has 0 aliphatic carbocycles. The number of rotatable bonds is 5. The van der Waals surface area contributed by atoms with Crippen LogP contribution in [0.5, 0.6) is 0 Å². The van der Waals surface area contributed by atoms with Crippen LogP contribution in [0.4, 0.5) is 4.39 Å². The van der Waals surface area contributed by atoms with Gasteiger partial charge in [-0.05, 0) is 13.0 Å². The molecule has 4 heterocycles. The van der Waals surface area contributed by atoms with E-state index in [1.807, 2.05) is 30.3 Å². The number of pyridine rings is 1. The van der Waals surface area contributed by atoms with Crippen molar-refractivity contribution in [3.8, 4) is 22.6 Å². The molecule has 0 spiro atoms. The van der Waals surface area contributed by atoms with E-state index in [2.05, 4.69) is 25.1 Å². The maximum atomic E-state index is 14.9. The van der Waals surface area contributed by atoms with Crippen LogP contribution in [0, 0.1) is 12.7 Å². The fourth-order valence-corrected chi connectivity index (χ4v) is 3.82. The summed E-state index contributed by atoms with van der Waals surface area (Å²) in [5.74, 6) is 0.0960. The number of halogens is 2. The molecule has 0 bridgehead atoms. The molecule has 5 aromatic rings. The van der Waals surface area contributed by atoms with Gasteiger partial charge in [-0.1, -0.05) is 41.9 Å². The Labute approximate surface area is 192 Å². The number of nitrogens with zero attached hydrogens (tertiary/aromatic N) is 7. The first-order chi connectivity index (χ1) is 15.9. The quantitative estimate of drug-likeness (QED) is 0.366. The van der Waals surface area contributed by atoms with Gasteiger partial charge in [0.15, 0.2) is 17.3 Å². The number of hydrogen-bond acceptors (Lipinski definition) is 6. The lowest BCUT2D eigenvalue weighted by atomic mass is 10.0. The molecule has 0 amide bonds. The average molecular weight is 462 g/mol. The topological polar surface area (TPSA) is 90.9 Å². The molecular weight excluding hydrogens is 445 g/mol. The van der Waals surface area contributed by atoms with Crippen molar-refractivity contribution in [1.29, 1.82) is 0 Å². The van der Waals surface area contributed by atoms with Gasteiger partial charge in [0.05, 0.1) is 28.7 Å². The zero-order valence-electron chi connectivity index (χ0n) is 17.7. The van der Waals surface area contributed by atoms with Crippen molar-refractivity contribution in [2.24, 2.45) is 7.05 Å². The monoisotopic (exact) mass is 461 g/mol. The predicted octanol–water partition coefficient (Wildman–Crippen LogP) is 4.11. The van der Waals surface area contributed by atoms with E-state index in [-0.39, 0.29) is 23.5 Å². The second-order valence-corrected chi connectivity index (χ2v) is 7.90. The minimum atomic E-state index is -0.556. The standard InChI is InChI=1S/C23H17ClFN7O/c1-13-26-11-17(24)21(28-13)16-10-27-31(2)22(16)19(33)8-15-9-20-29-23(14-6-4-3-5-7-14)30-32(20)12-18(15)25/h3-7,9-12H,8H2,1-2H3. The van der Waals surface area contributed by atoms with Gasteiger partial charge in [-0.3, -0.25) is 9.48 Å². The second kappa shape index (κ2) is 8.18. The van der Waals surface area contributed by atoms with Gasteiger partial charge in [0, 0.05) is 30.8 Å². The first-order valence-corrected chi connectivity index (χ1v) is 10.4. The van der Waals surface area contributed by atoms with Crippen molar-refractivity contribution in [1.82, 2.24) is 34.3 Å². The predicted molar refractivity (Wildman–Crippen MR) is 120 cm³/mol. The number of benzene rings is 1. The van der Waals surface area contributed by atoms with Crippen LogP contribution < -0.4 is 0 Å². The van der Waals surface area contributed by atoms with E-state index in [1.165, 1.54) is 33.9 Å². The van der Waals surface area contributed by atoms with Gasteiger partial charge >= 0.3 is 0 Å². The lowest BCUT2D eigenvalue weighted by Crippen LogP contribution is -2.13. The highest BCUT2D eigenvalue weighted by atomic mass is 35.5. The Morgan fingerprint density at radius 3 is 2.73 bits per heavy atom. The number of carbonyl (C=O) groups excluding carboxylic acids is 1. The molecule has 0 atom stereocenters. The SMILES string of the molecule is Cc1ncc(Cl)c(-c2cnn(C)c2C(=O)Cc2cc3nc(-c4ccccc4)nn3cc2F)n1. The van der Waals surface area contributed by atoms with Crippen molar-refractivity contribution in [3.05, 3.63) is 82.9 Å². The molecule has 1 aromatic carbocycles. The number of ketones is 1. The summed E-state index contributed by atoms with van der Waals surface area (Å²) in [7, 11) is 1.64. The van der Waals surface area contributed by atoms with Crippen LogP contribution in [-0.2, 0) is 13.5 Å². The molecule has 0 saturated heterocycles. The normalized spacial score (nSPS) is 11.3. The summed E-state index contributed by atoms with van der Waals surface area (Å²) in [6, 6.07) is 10.9. The Kier molecular flexibility index (Phi) is 5.18. The van der Waals surface area contributed by atoms with Crippen LogP contribution in [-0.4, -0.2) is 40.1 Å². The van der Waals surface area contributed by atoms with Gasteiger partial charge in [0.1, 0.15) is 17.3 Å². The van der Waals surface area contributed by atoms with Crippen LogP contribution in [0.2, 0.25) is 5.02 Å². The van der Waals surface area contributed by atoms with Gasteiger partial charge < -0.3 is 0 Å². The molecule has 0 fully saturated rings. The molecular formula is C23H17ClFN7O. The highest BCUT2D eigenvalue weighted by Gasteiger charge is 2.23. The molecule has 0 N–H and O–H groups in total. The lowest BCUT2D eigenvalue weighted by molar-refractivity contribution is 0.0983. The van der Waals surface area contributed by atoms with Crippen molar-refractivity contribution < 1.29 is 9.18 Å². The maximum Gasteiger partial charge on any atom is 0.186 e. The molecule has 4 aromatic heterocycles. The Hall–Kier alpha value is -3.98. The number of hydrogen-bond donors (Lipinski definition) is 0. The Bertz CT molecular complexity index is 1510. The third-order valence-electron chi connectivity index (χ3n) is 5.21. The summed E-state index contributed by atoms with van der Waals surface area (Å²) in [5.41, 5.74) is 2.61. The van der Waals surface area contributed by atoms with E-state index in [0.717, 1.165) is 5.56 Å². The minimum absolute atomic E-state index is 0.190. The van der Waals surface area contributed by atoms with E-state index in [9.17, 15) is 9.18 Å². The first-order valence-electron chi connectivity index (χ1n) is 10.1. The third kappa shape index (κ3) is 3.87. The molecule has 0 saturated carbocycles. The van der Waals surface area contributed by atoms with Gasteiger partial charge in [0.2, 0.25) is 0 Å². The molecule has 33 heavy (non-hydrogen) atoms. The fourth-order valence-electron chi connectivity index (χ4n) is 3.63. The van der Waals surface area contributed by atoms with Gasteiger partial charge in [-0.25, -0.2) is 23.9 Å². The van der Waals surface area contributed by atoms with Crippen molar-refractivity contribution in [3.63, 3.8) is 0 Å². The smallest absolute Gasteiger partial charge is 0.186 e. The van der Waals surface area contributed by atoms with Crippen molar-refractivity contribution >= 4 is 23.0 Å².